The lowest BCUT2D eigenvalue weighted by molar-refractivity contribution is -0.139. The average Bonchev–Trinajstić information content (AvgIpc) is 3.37. The zero-order chi connectivity index (χ0) is 24.7. The minimum atomic E-state index is -0.584. The van der Waals surface area contributed by atoms with Crippen LogP contribution in [0.4, 0.5) is 0 Å². The van der Waals surface area contributed by atoms with Gasteiger partial charge in [0.25, 0.3) is 5.91 Å². The third-order valence-corrected chi connectivity index (χ3v) is 7.06. The molecule has 1 aliphatic heterocycles. The van der Waals surface area contributed by atoms with E-state index in [1.54, 1.807) is 28.2 Å². The van der Waals surface area contributed by atoms with E-state index in [0.29, 0.717) is 37.4 Å². The van der Waals surface area contributed by atoms with Crippen molar-refractivity contribution >= 4 is 29.1 Å². The van der Waals surface area contributed by atoms with Crippen molar-refractivity contribution in [3.8, 4) is 5.75 Å². The van der Waals surface area contributed by atoms with Crippen LogP contribution in [0.15, 0.2) is 53.0 Å². The number of hydrogen-bond acceptors (Lipinski definition) is 5. The summed E-state index contributed by atoms with van der Waals surface area (Å²) in [5.74, 6) is -0.238. The first kappa shape index (κ1) is 25.5. The molecule has 0 spiro atoms. The minimum Gasteiger partial charge on any atom is -0.497 e. The van der Waals surface area contributed by atoms with Gasteiger partial charge in [-0.2, -0.15) is 0 Å². The zero-order valence-corrected chi connectivity index (χ0v) is 21.1. The van der Waals surface area contributed by atoms with Crippen LogP contribution in [-0.4, -0.2) is 47.7 Å². The molecule has 0 saturated heterocycles. The van der Waals surface area contributed by atoms with Crippen molar-refractivity contribution in [3.63, 3.8) is 0 Å². The Balaban J connectivity index is 1.83. The van der Waals surface area contributed by atoms with E-state index in [0.717, 1.165) is 16.2 Å². The fraction of sp³-hybridized carbons (Fsp3) is 0.423. The van der Waals surface area contributed by atoms with Gasteiger partial charge in [0.05, 0.1) is 26.1 Å². The van der Waals surface area contributed by atoms with Gasteiger partial charge in [0.1, 0.15) is 5.75 Å². The van der Waals surface area contributed by atoms with Gasteiger partial charge in [0, 0.05) is 35.7 Å². The molecular formula is C26H33N3O4S. The maximum atomic E-state index is 13.5. The number of rotatable bonds is 10. The minimum absolute atomic E-state index is 0.0473. The highest BCUT2D eigenvalue weighted by Crippen LogP contribution is 2.32. The second-order valence-electron chi connectivity index (χ2n) is 8.28. The number of carbonyl (C=O) groups excluding carboxylic acids is 3. The van der Waals surface area contributed by atoms with Crippen molar-refractivity contribution in [2.45, 2.75) is 46.7 Å². The number of thiophene rings is 1. The summed E-state index contributed by atoms with van der Waals surface area (Å²) < 4.78 is 5.23. The van der Waals surface area contributed by atoms with Crippen molar-refractivity contribution in [1.29, 1.82) is 0 Å². The Hall–Kier alpha value is -3.13. The van der Waals surface area contributed by atoms with E-state index in [1.807, 2.05) is 62.5 Å². The molecule has 8 heteroatoms. The second kappa shape index (κ2) is 11.8. The number of nitrogens with one attached hydrogen (secondary N) is 1. The average molecular weight is 484 g/mol. The van der Waals surface area contributed by atoms with Crippen LogP contribution in [0.3, 0.4) is 0 Å². The van der Waals surface area contributed by atoms with Gasteiger partial charge in [-0.25, -0.2) is 0 Å². The molecule has 0 radical (unpaired) electrons. The predicted molar refractivity (Wildman–Crippen MR) is 133 cm³/mol. The molecule has 182 valence electrons. The molecule has 3 rings (SSSR count). The molecular weight excluding hydrogens is 450 g/mol. The Bertz CT molecular complexity index is 1030. The van der Waals surface area contributed by atoms with Gasteiger partial charge in [-0.1, -0.05) is 18.2 Å². The van der Waals surface area contributed by atoms with Crippen LogP contribution in [0.5, 0.6) is 5.75 Å². The largest absolute Gasteiger partial charge is 0.497 e. The van der Waals surface area contributed by atoms with E-state index < -0.39 is 5.92 Å². The number of carbonyl (C=O) groups is 3. The normalized spacial score (nSPS) is 15.9. The lowest BCUT2D eigenvalue weighted by Gasteiger charge is -2.36. The Morgan fingerprint density at radius 2 is 1.88 bits per heavy atom. The van der Waals surface area contributed by atoms with Crippen LogP contribution in [0.1, 0.15) is 44.1 Å². The number of benzene rings is 1. The van der Waals surface area contributed by atoms with Crippen molar-refractivity contribution in [1.82, 2.24) is 15.1 Å². The van der Waals surface area contributed by atoms with E-state index >= 15 is 0 Å². The Morgan fingerprint density at radius 3 is 2.47 bits per heavy atom. The quantitative estimate of drug-likeness (QED) is 0.555. The van der Waals surface area contributed by atoms with Gasteiger partial charge in [-0.05, 0) is 56.3 Å². The van der Waals surface area contributed by atoms with Gasteiger partial charge in [0.2, 0.25) is 11.8 Å². The molecule has 2 aromatic rings. The van der Waals surface area contributed by atoms with Gasteiger partial charge in [-0.3, -0.25) is 14.4 Å². The molecule has 0 bridgehead atoms. The summed E-state index contributed by atoms with van der Waals surface area (Å²) in [6.07, 6.45) is 0.317. The third kappa shape index (κ3) is 6.05. The Morgan fingerprint density at radius 1 is 1.18 bits per heavy atom. The smallest absolute Gasteiger partial charge is 0.251 e. The molecule has 0 fully saturated rings. The van der Waals surface area contributed by atoms with Crippen LogP contribution in [0.25, 0.3) is 0 Å². The first-order valence-corrected chi connectivity index (χ1v) is 12.5. The van der Waals surface area contributed by atoms with E-state index in [2.05, 4.69) is 5.32 Å². The summed E-state index contributed by atoms with van der Waals surface area (Å²) in [4.78, 5) is 43.9. The highest BCUT2D eigenvalue weighted by atomic mass is 32.1. The number of amides is 3. The highest BCUT2D eigenvalue weighted by Gasteiger charge is 2.37. The molecule has 2 heterocycles. The number of methoxy groups -OCH3 is 1. The summed E-state index contributed by atoms with van der Waals surface area (Å²) >= 11 is 1.57. The number of hydrogen-bond donors (Lipinski definition) is 1. The van der Waals surface area contributed by atoms with E-state index in [9.17, 15) is 14.4 Å². The molecule has 1 aromatic carbocycles. The van der Waals surface area contributed by atoms with Gasteiger partial charge >= 0.3 is 0 Å². The van der Waals surface area contributed by atoms with Crippen LogP contribution < -0.4 is 10.1 Å². The maximum Gasteiger partial charge on any atom is 0.251 e. The number of ether oxygens (including phenoxy) is 1. The molecule has 0 aliphatic carbocycles. The first-order chi connectivity index (χ1) is 16.4. The monoisotopic (exact) mass is 483 g/mol. The maximum absolute atomic E-state index is 13.5. The SMILES string of the molecule is CCN(CC)C(=O)C1=C(C)N(Cc2ccc(OC)cc2)C(=O)C(CC(=O)NCc2cccs2)C1. The van der Waals surface area contributed by atoms with Crippen molar-refractivity contribution in [2.75, 3.05) is 20.2 Å². The zero-order valence-electron chi connectivity index (χ0n) is 20.3. The molecule has 1 aliphatic rings. The van der Waals surface area contributed by atoms with Gasteiger partial charge < -0.3 is 19.9 Å². The Kier molecular flexibility index (Phi) is 8.87. The van der Waals surface area contributed by atoms with E-state index in [-0.39, 0.29) is 30.6 Å². The summed E-state index contributed by atoms with van der Waals surface area (Å²) in [5.41, 5.74) is 2.19. The number of nitrogens with zero attached hydrogens (tertiary/aromatic N) is 2. The summed E-state index contributed by atoms with van der Waals surface area (Å²) in [5, 5.41) is 4.87. The van der Waals surface area contributed by atoms with E-state index in [1.165, 1.54) is 0 Å². The molecule has 1 atom stereocenters. The van der Waals surface area contributed by atoms with Crippen LogP contribution in [0, 0.1) is 5.92 Å². The molecule has 7 nitrogen and oxygen atoms in total. The molecule has 34 heavy (non-hydrogen) atoms. The van der Waals surface area contributed by atoms with Crippen molar-refractivity contribution < 1.29 is 19.1 Å². The van der Waals surface area contributed by atoms with Crippen molar-refractivity contribution in [2.24, 2.45) is 5.92 Å². The van der Waals surface area contributed by atoms with Crippen LogP contribution >= 0.6 is 11.3 Å². The second-order valence-corrected chi connectivity index (χ2v) is 9.31. The number of allylic oxidation sites excluding steroid dienone is 1. The third-order valence-electron chi connectivity index (χ3n) is 6.19. The predicted octanol–water partition coefficient (Wildman–Crippen LogP) is 3.95. The Labute approximate surface area is 205 Å². The standard InChI is InChI=1S/C26H33N3O4S/c1-5-28(6-2)26(32)23-14-20(15-24(30)27-16-22-8-7-13-34-22)25(31)29(18(23)3)17-19-9-11-21(33-4)12-10-19/h7-13,20H,5-6,14-17H2,1-4H3,(H,27,30). The molecule has 0 saturated carbocycles. The first-order valence-electron chi connectivity index (χ1n) is 11.6. The fourth-order valence-corrected chi connectivity index (χ4v) is 4.78. The lowest BCUT2D eigenvalue weighted by atomic mass is 9.88. The van der Waals surface area contributed by atoms with E-state index in [4.69, 9.17) is 4.74 Å². The van der Waals surface area contributed by atoms with Crippen molar-refractivity contribution in [3.05, 3.63) is 63.5 Å². The molecule has 1 N–H and O–H groups in total. The molecule has 1 aromatic heterocycles. The van der Waals surface area contributed by atoms with Crippen LogP contribution in [-0.2, 0) is 27.5 Å². The summed E-state index contributed by atoms with van der Waals surface area (Å²) in [6, 6.07) is 11.4. The summed E-state index contributed by atoms with van der Waals surface area (Å²) in [7, 11) is 1.61. The van der Waals surface area contributed by atoms with Crippen LogP contribution in [0.2, 0.25) is 0 Å². The molecule has 1 unspecified atom stereocenters. The topological polar surface area (TPSA) is 79.0 Å². The number of likely N-dealkylation sites (N-methyl/N-ethyl adjacent to an activating group) is 1. The van der Waals surface area contributed by atoms with Gasteiger partial charge in [-0.15, -0.1) is 11.3 Å². The lowest BCUT2D eigenvalue weighted by Crippen LogP contribution is -2.44. The van der Waals surface area contributed by atoms with Gasteiger partial charge in [0.15, 0.2) is 0 Å². The fourth-order valence-electron chi connectivity index (χ4n) is 4.14. The summed E-state index contributed by atoms with van der Waals surface area (Å²) in [6.45, 7) is 7.65. The molecule has 3 amide bonds. The highest BCUT2D eigenvalue weighted by molar-refractivity contribution is 7.09.